The minimum atomic E-state index is 0. The number of nitrogens with one attached hydrogen (secondary N) is 4. The van der Waals surface area contributed by atoms with Crippen molar-refractivity contribution in [3.8, 4) is 0 Å². The van der Waals surface area contributed by atoms with Crippen molar-refractivity contribution in [3.05, 3.63) is 0 Å². The molecule has 12 nitrogen and oxygen atoms in total. The van der Waals surface area contributed by atoms with Crippen molar-refractivity contribution in [2.45, 2.75) is 0 Å². The molecule has 0 aromatic rings. The molecule has 0 fully saturated rings. The SMILES string of the molecule is OCCNCCO.OCCNCCO.OCCNCCO.OCCNCCO.[Ti]. The Balaban J connectivity index is -0.0000000873. The van der Waals surface area contributed by atoms with E-state index >= 15 is 0 Å². The van der Waals surface area contributed by atoms with E-state index in [1.807, 2.05) is 0 Å². The van der Waals surface area contributed by atoms with Gasteiger partial charge in [-0.1, -0.05) is 0 Å². The van der Waals surface area contributed by atoms with Gasteiger partial charge in [-0.05, 0) is 0 Å². The van der Waals surface area contributed by atoms with Gasteiger partial charge in [0.1, 0.15) is 0 Å². The third-order valence-electron chi connectivity index (χ3n) is 2.31. The summed E-state index contributed by atoms with van der Waals surface area (Å²) in [5.74, 6) is 0. The zero-order valence-corrected chi connectivity index (χ0v) is 19.0. The third-order valence-corrected chi connectivity index (χ3v) is 2.31. The van der Waals surface area contributed by atoms with Gasteiger partial charge in [-0.15, -0.1) is 0 Å². The van der Waals surface area contributed by atoms with Gasteiger partial charge in [0, 0.05) is 74.1 Å². The molecule has 0 bridgehead atoms. The quantitative estimate of drug-likeness (QED) is 0.0755. The number of aliphatic hydroxyl groups is 8. The van der Waals surface area contributed by atoms with Crippen LogP contribution < -0.4 is 21.3 Å². The first-order valence-corrected chi connectivity index (χ1v) is 9.36. The maximum Gasteiger partial charge on any atom is 0.0555 e. The van der Waals surface area contributed by atoms with Gasteiger partial charge in [0.05, 0.1) is 52.9 Å². The first-order valence-electron chi connectivity index (χ1n) is 9.36. The van der Waals surface area contributed by atoms with E-state index in [1.54, 1.807) is 0 Å². The van der Waals surface area contributed by atoms with Crippen LogP contribution in [0.5, 0.6) is 0 Å². The Morgan fingerprint density at radius 1 is 0.276 bits per heavy atom. The topological polar surface area (TPSA) is 210 Å². The molecule has 0 rings (SSSR count). The van der Waals surface area contributed by atoms with Crippen LogP contribution in [-0.4, -0.2) is 146 Å². The first kappa shape index (κ1) is 39.7. The van der Waals surface area contributed by atoms with Crippen molar-refractivity contribution >= 4 is 0 Å². The molecule has 0 aromatic carbocycles. The Kier molecular flexibility index (Phi) is 70.0. The Labute approximate surface area is 189 Å². The van der Waals surface area contributed by atoms with E-state index in [1.165, 1.54) is 0 Å². The predicted octanol–water partition coefficient (Wildman–Crippen LogP) is -5.76. The van der Waals surface area contributed by atoms with Gasteiger partial charge in [-0.25, -0.2) is 0 Å². The zero-order valence-electron chi connectivity index (χ0n) is 17.4. The van der Waals surface area contributed by atoms with E-state index in [2.05, 4.69) is 21.3 Å². The van der Waals surface area contributed by atoms with Gasteiger partial charge in [-0.2, -0.15) is 0 Å². The van der Waals surface area contributed by atoms with Gasteiger partial charge < -0.3 is 62.1 Å². The second kappa shape index (κ2) is 51.1. The van der Waals surface area contributed by atoms with Crippen LogP contribution in [0.3, 0.4) is 0 Å². The summed E-state index contributed by atoms with van der Waals surface area (Å²) in [6.07, 6.45) is 0. The van der Waals surface area contributed by atoms with E-state index in [-0.39, 0.29) is 74.6 Å². The molecular formula is C16H44N4O8Ti. The summed E-state index contributed by atoms with van der Waals surface area (Å²) >= 11 is 0. The maximum atomic E-state index is 8.15. The fourth-order valence-electron chi connectivity index (χ4n) is 1.13. The van der Waals surface area contributed by atoms with Crippen LogP contribution in [0.25, 0.3) is 0 Å². The number of rotatable bonds is 16. The van der Waals surface area contributed by atoms with E-state index in [9.17, 15) is 0 Å². The van der Waals surface area contributed by atoms with Crippen LogP contribution in [0.2, 0.25) is 0 Å². The van der Waals surface area contributed by atoms with Crippen LogP contribution in [0.4, 0.5) is 0 Å². The van der Waals surface area contributed by atoms with Gasteiger partial charge in [-0.3, -0.25) is 0 Å². The Morgan fingerprint density at radius 2 is 0.379 bits per heavy atom. The minimum Gasteiger partial charge on any atom is -0.395 e. The molecule has 29 heavy (non-hydrogen) atoms. The van der Waals surface area contributed by atoms with Gasteiger partial charge in [0.25, 0.3) is 0 Å². The smallest absolute Gasteiger partial charge is 0.0555 e. The molecular weight excluding hydrogens is 424 g/mol. The monoisotopic (exact) mass is 468 g/mol. The molecule has 0 spiro atoms. The Bertz CT molecular complexity index is 162. The summed E-state index contributed by atoms with van der Waals surface area (Å²) < 4.78 is 0. The van der Waals surface area contributed by atoms with Crippen molar-refractivity contribution in [1.29, 1.82) is 0 Å². The molecule has 0 unspecified atom stereocenters. The van der Waals surface area contributed by atoms with Gasteiger partial charge in [0.2, 0.25) is 0 Å². The molecule has 0 radical (unpaired) electrons. The Hall–Kier alpha value is 0.234. The summed E-state index contributed by atoms with van der Waals surface area (Å²) in [5, 5.41) is 76.3. The molecule has 0 aliphatic heterocycles. The summed E-state index contributed by atoms with van der Waals surface area (Å²) in [4.78, 5) is 0. The van der Waals surface area contributed by atoms with E-state index in [0.29, 0.717) is 52.4 Å². The fourth-order valence-corrected chi connectivity index (χ4v) is 1.13. The normalized spacial score (nSPS) is 9.10. The minimum absolute atomic E-state index is 0. The molecule has 0 atom stereocenters. The van der Waals surface area contributed by atoms with Crippen molar-refractivity contribution in [1.82, 2.24) is 21.3 Å². The van der Waals surface area contributed by atoms with E-state index in [4.69, 9.17) is 40.9 Å². The second-order valence-corrected chi connectivity index (χ2v) is 4.79. The largest absolute Gasteiger partial charge is 0.395 e. The molecule has 0 saturated heterocycles. The molecule has 0 saturated carbocycles. The van der Waals surface area contributed by atoms with Gasteiger partial charge >= 0.3 is 0 Å². The standard InChI is InChI=1S/4C4H11NO2.Ti/c4*6-3-1-5-2-4-7;/h4*5-7H,1-4H2;. The molecule has 0 aliphatic rings. The van der Waals surface area contributed by atoms with Crippen molar-refractivity contribution in [2.24, 2.45) is 0 Å². The first-order chi connectivity index (χ1) is 13.7. The second-order valence-electron chi connectivity index (χ2n) is 4.79. The molecule has 0 aromatic heterocycles. The fraction of sp³-hybridized carbons (Fsp3) is 1.00. The number of hydrogen-bond acceptors (Lipinski definition) is 12. The third kappa shape index (κ3) is 73.7. The Morgan fingerprint density at radius 3 is 0.448 bits per heavy atom. The molecule has 180 valence electrons. The summed E-state index contributed by atoms with van der Waals surface area (Å²) in [6, 6.07) is 0. The van der Waals surface area contributed by atoms with Gasteiger partial charge in [0.15, 0.2) is 0 Å². The van der Waals surface area contributed by atoms with Crippen molar-refractivity contribution in [2.75, 3.05) is 105 Å². The maximum absolute atomic E-state index is 8.15. The summed E-state index contributed by atoms with van der Waals surface area (Å²) in [6.45, 7) is 5.67. The van der Waals surface area contributed by atoms with Crippen molar-refractivity contribution in [3.63, 3.8) is 0 Å². The average molecular weight is 468 g/mol. The van der Waals surface area contributed by atoms with Crippen LogP contribution in [-0.2, 0) is 21.7 Å². The van der Waals surface area contributed by atoms with E-state index < -0.39 is 0 Å². The molecule has 0 heterocycles. The summed E-state index contributed by atoms with van der Waals surface area (Å²) in [5.41, 5.74) is 0. The molecule has 13 heteroatoms. The average Bonchev–Trinajstić information content (AvgIpc) is 2.71. The van der Waals surface area contributed by atoms with Crippen molar-refractivity contribution < 1.29 is 62.6 Å². The molecule has 12 N–H and O–H groups in total. The summed E-state index contributed by atoms with van der Waals surface area (Å²) in [7, 11) is 0. The van der Waals surface area contributed by atoms with Crippen LogP contribution >= 0.6 is 0 Å². The van der Waals surface area contributed by atoms with E-state index in [0.717, 1.165) is 0 Å². The van der Waals surface area contributed by atoms with Crippen LogP contribution in [0.15, 0.2) is 0 Å². The predicted molar refractivity (Wildman–Crippen MR) is 108 cm³/mol. The number of hydrogen-bond donors (Lipinski definition) is 12. The van der Waals surface area contributed by atoms with Crippen LogP contribution in [0.1, 0.15) is 0 Å². The number of aliphatic hydroxyl groups excluding tert-OH is 8. The zero-order chi connectivity index (χ0) is 22.1. The molecule has 0 aliphatic carbocycles. The van der Waals surface area contributed by atoms with Crippen LogP contribution in [0, 0.1) is 0 Å². The molecule has 0 amide bonds.